The monoisotopic (exact) mass is 249 g/mol. The molecule has 0 atom stereocenters. The maximum absolute atomic E-state index is 12.5. The largest absolute Gasteiger partial charge is 0.451 e. The molecule has 17 heavy (non-hydrogen) atoms. The fourth-order valence-electron chi connectivity index (χ4n) is 1.70. The molecular formula is C8H10F3N5O. The average molecular weight is 249 g/mol. The Morgan fingerprint density at radius 2 is 2.06 bits per heavy atom. The summed E-state index contributed by atoms with van der Waals surface area (Å²) in [6.07, 6.45) is -4.51. The van der Waals surface area contributed by atoms with Crippen LogP contribution in [0, 0.1) is 0 Å². The molecular weight excluding hydrogens is 239 g/mol. The first-order valence-corrected chi connectivity index (χ1v) is 4.89. The molecule has 94 valence electrons. The molecule has 0 spiro atoms. The van der Waals surface area contributed by atoms with Crippen molar-refractivity contribution in [1.82, 2.24) is 25.0 Å². The second-order valence-corrected chi connectivity index (χ2v) is 3.57. The molecule has 0 radical (unpaired) electrons. The smallest absolute Gasteiger partial charge is 0.341 e. The van der Waals surface area contributed by atoms with Gasteiger partial charge in [0.15, 0.2) is 5.82 Å². The van der Waals surface area contributed by atoms with Crippen molar-refractivity contribution >= 4 is 6.03 Å². The van der Waals surface area contributed by atoms with E-state index in [0.29, 0.717) is 0 Å². The summed E-state index contributed by atoms with van der Waals surface area (Å²) in [5.41, 5.74) is 0. The molecule has 0 unspecified atom stereocenters. The summed E-state index contributed by atoms with van der Waals surface area (Å²) in [4.78, 5) is 12.7. The lowest BCUT2D eigenvalue weighted by atomic mass is 10.3. The third-order valence-corrected chi connectivity index (χ3v) is 2.51. The Labute approximate surface area is 94.4 Å². The van der Waals surface area contributed by atoms with Crippen molar-refractivity contribution in [2.75, 3.05) is 13.6 Å². The van der Waals surface area contributed by atoms with Gasteiger partial charge in [-0.15, -0.1) is 10.2 Å². The lowest BCUT2D eigenvalue weighted by Gasteiger charge is -2.27. The highest BCUT2D eigenvalue weighted by molar-refractivity contribution is 5.73. The van der Waals surface area contributed by atoms with Gasteiger partial charge in [-0.1, -0.05) is 0 Å². The Morgan fingerprint density at radius 1 is 1.35 bits per heavy atom. The van der Waals surface area contributed by atoms with Crippen molar-refractivity contribution in [3.05, 3.63) is 11.6 Å². The molecule has 0 aromatic carbocycles. The molecule has 0 saturated heterocycles. The fourth-order valence-corrected chi connectivity index (χ4v) is 1.70. The van der Waals surface area contributed by atoms with Gasteiger partial charge in [0, 0.05) is 20.1 Å². The summed E-state index contributed by atoms with van der Waals surface area (Å²) in [7, 11) is 1.46. The van der Waals surface area contributed by atoms with Crippen LogP contribution in [0.5, 0.6) is 0 Å². The second kappa shape index (κ2) is 3.90. The van der Waals surface area contributed by atoms with E-state index in [0.717, 1.165) is 4.57 Å². The third kappa shape index (κ3) is 2.04. The zero-order valence-corrected chi connectivity index (χ0v) is 8.95. The van der Waals surface area contributed by atoms with E-state index in [1.165, 1.54) is 11.9 Å². The quantitative estimate of drug-likeness (QED) is 0.726. The Balaban J connectivity index is 2.25. The van der Waals surface area contributed by atoms with Crippen molar-refractivity contribution in [3.63, 3.8) is 0 Å². The van der Waals surface area contributed by atoms with Gasteiger partial charge in [-0.05, 0) is 0 Å². The number of carbonyl (C=O) groups is 1. The first-order chi connectivity index (χ1) is 7.93. The van der Waals surface area contributed by atoms with Crippen molar-refractivity contribution < 1.29 is 18.0 Å². The molecule has 9 heteroatoms. The van der Waals surface area contributed by atoms with Gasteiger partial charge in [-0.3, -0.25) is 0 Å². The van der Waals surface area contributed by atoms with E-state index in [1.54, 1.807) is 0 Å². The molecule has 1 aromatic heterocycles. The normalized spacial score (nSPS) is 15.6. The van der Waals surface area contributed by atoms with Crippen LogP contribution in [0.15, 0.2) is 0 Å². The Morgan fingerprint density at radius 3 is 2.65 bits per heavy atom. The average Bonchev–Trinajstić information content (AvgIpc) is 2.70. The van der Waals surface area contributed by atoms with E-state index in [9.17, 15) is 18.0 Å². The van der Waals surface area contributed by atoms with Crippen molar-refractivity contribution in [3.8, 4) is 0 Å². The van der Waals surface area contributed by atoms with E-state index < -0.39 is 12.0 Å². The molecule has 1 N–H and O–H groups in total. The first-order valence-electron chi connectivity index (χ1n) is 4.89. The van der Waals surface area contributed by atoms with Crippen LogP contribution in [-0.4, -0.2) is 39.3 Å². The molecule has 0 fully saturated rings. The van der Waals surface area contributed by atoms with Crippen LogP contribution >= 0.6 is 0 Å². The highest BCUT2D eigenvalue weighted by Gasteiger charge is 2.39. The lowest BCUT2D eigenvalue weighted by Crippen LogP contribution is -2.43. The minimum atomic E-state index is -4.51. The number of urea groups is 1. The van der Waals surface area contributed by atoms with E-state index in [1.807, 2.05) is 0 Å². The van der Waals surface area contributed by atoms with Gasteiger partial charge >= 0.3 is 12.2 Å². The Kier molecular flexibility index (Phi) is 2.68. The number of amides is 2. The highest BCUT2D eigenvalue weighted by Crippen LogP contribution is 2.29. The summed E-state index contributed by atoms with van der Waals surface area (Å²) in [5.74, 6) is -0.865. The second-order valence-electron chi connectivity index (χ2n) is 3.57. The summed E-state index contributed by atoms with van der Waals surface area (Å²) in [5, 5.41) is 8.99. The molecule has 0 saturated carbocycles. The predicted molar refractivity (Wildman–Crippen MR) is 49.9 cm³/mol. The first kappa shape index (κ1) is 11.7. The maximum atomic E-state index is 12.5. The van der Waals surface area contributed by atoms with Gasteiger partial charge in [0.2, 0.25) is 5.82 Å². The molecule has 6 nitrogen and oxygen atoms in total. The number of alkyl halides is 3. The number of nitrogens with one attached hydrogen (secondary N) is 1. The molecule has 2 amide bonds. The van der Waals surface area contributed by atoms with Crippen LogP contribution in [0.2, 0.25) is 0 Å². The lowest BCUT2D eigenvalue weighted by molar-refractivity contribution is -0.147. The topological polar surface area (TPSA) is 63.1 Å². The third-order valence-electron chi connectivity index (χ3n) is 2.51. The standard InChI is InChI=1S/C8H10F3N5O/c1-12-7(17)15-2-3-16-5(4-15)13-14-6(16)8(9,10)11/h2-4H2,1H3,(H,12,17). The zero-order valence-electron chi connectivity index (χ0n) is 8.95. The molecule has 0 aliphatic carbocycles. The summed E-state index contributed by atoms with van der Waals surface area (Å²) >= 11 is 0. The zero-order chi connectivity index (χ0) is 12.6. The summed E-state index contributed by atoms with van der Waals surface area (Å²) in [6, 6.07) is -0.340. The number of rotatable bonds is 0. The SMILES string of the molecule is CNC(=O)N1CCn2c(nnc2C(F)(F)F)C1. The highest BCUT2D eigenvalue weighted by atomic mass is 19.4. The number of hydrogen-bond donors (Lipinski definition) is 1. The van der Waals surface area contributed by atoms with Crippen molar-refractivity contribution in [2.45, 2.75) is 19.3 Å². The van der Waals surface area contributed by atoms with Gasteiger partial charge in [0.25, 0.3) is 0 Å². The summed E-state index contributed by atoms with van der Waals surface area (Å²) < 4.78 is 38.5. The van der Waals surface area contributed by atoms with Gasteiger partial charge in [0.1, 0.15) is 0 Å². The molecule has 2 heterocycles. The molecule has 2 rings (SSSR count). The number of nitrogens with zero attached hydrogens (tertiary/aromatic N) is 4. The Bertz CT molecular complexity index is 441. The van der Waals surface area contributed by atoms with Crippen LogP contribution in [0.4, 0.5) is 18.0 Å². The number of carbonyl (C=O) groups excluding carboxylic acids is 1. The van der Waals surface area contributed by atoms with Crippen molar-refractivity contribution in [1.29, 1.82) is 0 Å². The Hall–Kier alpha value is -1.80. The van der Waals surface area contributed by atoms with Crippen LogP contribution < -0.4 is 5.32 Å². The van der Waals surface area contributed by atoms with E-state index >= 15 is 0 Å². The van der Waals surface area contributed by atoms with E-state index in [4.69, 9.17) is 0 Å². The molecule has 1 aliphatic heterocycles. The van der Waals surface area contributed by atoms with E-state index in [-0.39, 0.29) is 31.5 Å². The van der Waals surface area contributed by atoms with Crippen LogP contribution in [0.1, 0.15) is 11.6 Å². The number of fused-ring (bicyclic) bond motifs is 1. The number of halogens is 3. The van der Waals surface area contributed by atoms with E-state index in [2.05, 4.69) is 15.5 Å². The fraction of sp³-hybridized carbons (Fsp3) is 0.625. The molecule has 1 aromatic rings. The number of hydrogen-bond acceptors (Lipinski definition) is 3. The minimum Gasteiger partial charge on any atom is -0.341 e. The van der Waals surface area contributed by atoms with Gasteiger partial charge in [-0.2, -0.15) is 13.2 Å². The maximum Gasteiger partial charge on any atom is 0.451 e. The van der Waals surface area contributed by atoms with Gasteiger partial charge in [-0.25, -0.2) is 4.79 Å². The predicted octanol–water partition coefficient (Wildman–Crippen LogP) is 0.452. The molecule has 1 aliphatic rings. The molecule has 0 bridgehead atoms. The van der Waals surface area contributed by atoms with Crippen LogP contribution in [0.25, 0.3) is 0 Å². The van der Waals surface area contributed by atoms with Crippen LogP contribution in [-0.2, 0) is 19.3 Å². The van der Waals surface area contributed by atoms with Gasteiger partial charge in [0.05, 0.1) is 6.54 Å². The minimum absolute atomic E-state index is 0.0305. The van der Waals surface area contributed by atoms with Crippen LogP contribution in [0.3, 0.4) is 0 Å². The summed E-state index contributed by atoms with van der Waals surface area (Å²) in [6.45, 7) is 0.279. The van der Waals surface area contributed by atoms with Gasteiger partial charge < -0.3 is 14.8 Å². The van der Waals surface area contributed by atoms with Crippen molar-refractivity contribution in [2.24, 2.45) is 0 Å². The number of aromatic nitrogens is 3.